The summed E-state index contributed by atoms with van der Waals surface area (Å²) in [5, 5.41) is 22.2. The lowest BCUT2D eigenvalue weighted by Crippen LogP contribution is -2.35. The highest BCUT2D eigenvalue weighted by Crippen LogP contribution is 2.34. The van der Waals surface area contributed by atoms with Gasteiger partial charge in [0.15, 0.2) is 0 Å². The highest BCUT2D eigenvalue weighted by molar-refractivity contribution is 7.09. The maximum atomic E-state index is 10.6. The molecule has 0 saturated heterocycles. The third-order valence-corrected chi connectivity index (χ3v) is 5.86. The van der Waals surface area contributed by atoms with Crippen LogP contribution in [0, 0.1) is 5.92 Å². The summed E-state index contributed by atoms with van der Waals surface area (Å²) >= 11 is 1.73. The highest BCUT2D eigenvalue weighted by atomic mass is 32.1. The van der Waals surface area contributed by atoms with Crippen molar-refractivity contribution in [1.82, 2.24) is 19.7 Å². The number of hydrogen-bond donors (Lipinski definition) is 2. The van der Waals surface area contributed by atoms with E-state index in [1.54, 1.807) is 18.4 Å². The number of aliphatic carboxylic acids is 2. The van der Waals surface area contributed by atoms with E-state index in [4.69, 9.17) is 24.5 Å². The van der Waals surface area contributed by atoms with Gasteiger partial charge in [-0.15, -0.1) is 11.3 Å². The molecule has 9 nitrogen and oxygen atoms in total. The average Bonchev–Trinajstić information content (AvgIpc) is 3.26. The summed E-state index contributed by atoms with van der Waals surface area (Å²) in [7, 11) is 1.79. The summed E-state index contributed by atoms with van der Waals surface area (Å²) in [4.78, 5) is 24.7. The number of carbonyl (C=O) groups is 2. The Morgan fingerprint density at radius 3 is 2.17 bits per heavy atom. The van der Waals surface area contributed by atoms with Gasteiger partial charge in [-0.05, 0) is 18.8 Å². The summed E-state index contributed by atoms with van der Waals surface area (Å²) in [6.07, 6.45) is -3.49. The van der Waals surface area contributed by atoms with Gasteiger partial charge in [0.05, 0.1) is 25.0 Å². The summed E-state index contributed by atoms with van der Waals surface area (Å²) in [5.41, 5.74) is 2.77. The van der Waals surface area contributed by atoms with Crippen LogP contribution in [0.4, 0.5) is 26.3 Å². The quantitative estimate of drug-likeness (QED) is 0.526. The van der Waals surface area contributed by atoms with E-state index in [2.05, 4.69) is 31.2 Å². The van der Waals surface area contributed by atoms with Crippen LogP contribution < -0.4 is 0 Å². The topological polar surface area (TPSA) is 118 Å². The van der Waals surface area contributed by atoms with E-state index in [-0.39, 0.29) is 0 Å². The maximum absolute atomic E-state index is 10.6. The van der Waals surface area contributed by atoms with Gasteiger partial charge in [0.1, 0.15) is 5.01 Å². The number of ether oxygens (including phenoxy) is 1. The molecule has 1 atom stereocenters. The number of carboxylic acid groups (broad SMARTS) is 2. The molecule has 16 heteroatoms. The second kappa shape index (κ2) is 12.5. The molecule has 1 saturated carbocycles. The maximum Gasteiger partial charge on any atom is 0.490 e. The van der Waals surface area contributed by atoms with Crippen LogP contribution in [0.25, 0.3) is 0 Å². The molecule has 0 aromatic carbocycles. The Morgan fingerprint density at radius 2 is 1.72 bits per heavy atom. The molecule has 2 aromatic heterocycles. The molecule has 2 aliphatic rings. The zero-order valence-electron chi connectivity index (χ0n) is 18.9. The predicted octanol–water partition coefficient (Wildman–Crippen LogP) is 3.76. The zero-order chi connectivity index (χ0) is 27.1. The first-order chi connectivity index (χ1) is 16.7. The predicted molar refractivity (Wildman–Crippen MR) is 113 cm³/mol. The van der Waals surface area contributed by atoms with Crippen molar-refractivity contribution < 1.29 is 50.9 Å². The molecule has 4 rings (SSSR count). The number of rotatable bonds is 6. The van der Waals surface area contributed by atoms with Crippen molar-refractivity contribution in [2.24, 2.45) is 5.92 Å². The van der Waals surface area contributed by atoms with Gasteiger partial charge in [0, 0.05) is 49.8 Å². The van der Waals surface area contributed by atoms with Gasteiger partial charge in [0.2, 0.25) is 0 Å². The lowest BCUT2D eigenvalue weighted by molar-refractivity contribution is -0.193. The number of hydrogen-bond acceptors (Lipinski definition) is 7. The first-order valence-corrected chi connectivity index (χ1v) is 11.3. The summed E-state index contributed by atoms with van der Waals surface area (Å²) in [5.74, 6) is -4.25. The van der Waals surface area contributed by atoms with Crippen molar-refractivity contribution in [1.29, 1.82) is 0 Å². The van der Waals surface area contributed by atoms with Crippen molar-refractivity contribution >= 4 is 23.3 Å². The normalized spacial score (nSPS) is 17.8. The van der Waals surface area contributed by atoms with Crippen LogP contribution in [0.2, 0.25) is 0 Å². The SMILES string of the molecule is COCC1CN(Cc2nccs2)Cc2c1cnn2CC1CC1.O=C(O)C(F)(F)F.O=C(O)C(F)(F)F. The number of thiazole rings is 1. The van der Waals surface area contributed by atoms with Crippen LogP contribution in [0.5, 0.6) is 0 Å². The first kappa shape index (κ1) is 29.5. The van der Waals surface area contributed by atoms with Gasteiger partial charge in [0.25, 0.3) is 0 Å². The summed E-state index contributed by atoms with van der Waals surface area (Å²) < 4.78 is 71.2. The third-order valence-electron chi connectivity index (χ3n) is 5.10. The van der Waals surface area contributed by atoms with Crippen molar-refractivity contribution in [2.75, 3.05) is 20.3 Å². The fourth-order valence-electron chi connectivity index (χ4n) is 3.31. The monoisotopic (exact) mass is 546 g/mol. The number of fused-ring (bicyclic) bond motifs is 1. The van der Waals surface area contributed by atoms with E-state index < -0.39 is 24.3 Å². The molecule has 0 bridgehead atoms. The second-order valence-corrected chi connectivity index (χ2v) is 9.00. The Morgan fingerprint density at radius 1 is 1.14 bits per heavy atom. The molecule has 36 heavy (non-hydrogen) atoms. The van der Waals surface area contributed by atoms with E-state index in [9.17, 15) is 26.3 Å². The number of aromatic nitrogens is 3. The summed E-state index contributed by atoms with van der Waals surface area (Å²) in [6, 6.07) is 0. The Labute approximate surface area is 205 Å². The van der Waals surface area contributed by atoms with E-state index in [0.717, 1.165) is 38.7 Å². The van der Waals surface area contributed by atoms with Gasteiger partial charge in [-0.25, -0.2) is 14.6 Å². The third kappa shape index (κ3) is 9.39. The Hall–Kier alpha value is -2.72. The number of halogens is 6. The highest BCUT2D eigenvalue weighted by Gasteiger charge is 2.39. The van der Waals surface area contributed by atoms with E-state index in [1.807, 2.05) is 6.20 Å². The van der Waals surface area contributed by atoms with Crippen LogP contribution in [-0.2, 0) is 34.0 Å². The van der Waals surface area contributed by atoms with Gasteiger partial charge in [-0.3, -0.25) is 9.58 Å². The molecule has 1 fully saturated rings. The van der Waals surface area contributed by atoms with Crippen LogP contribution in [0.1, 0.15) is 35.0 Å². The smallest absolute Gasteiger partial charge is 0.475 e. The standard InChI is InChI=1S/C16H22N4OS.2C2HF3O2/c1-21-11-13-8-19(10-16-17-4-5-22-16)9-15-14(13)6-18-20(15)7-12-2-3-12;2*3-2(4,5)1(6)7/h4-6,12-13H,2-3,7-11H2,1H3;2*(H,6,7). The molecular formula is C20H24F6N4O5S. The fourth-order valence-corrected chi connectivity index (χ4v) is 3.97. The fraction of sp³-hybridized carbons (Fsp3) is 0.600. The van der Waals surface area contributed by atoms with Crippen molar-refractivity contribution in [2.45, 2.75) is 50.7 Å². The van der Waals surface area contributed by atoms with E-state index in [1.165, 1.54) is 29.1 Å². The molecule has 0 amide bonds. The van der Waals surface area contributed by atoms with Crippen LogP contribution in [0.15, 0.2) is 17.8 Å². The summed E-state index contributed by atoms with van der Waals surface area (Å²) in [6.45, 7) is 4.76. The number of nitrogens with zero attached hydrogens (tertiary/aromatic N) is 4. The molecule has 2 aromatic rings. The minimum absolute atomic E-state index is 0.418. The van der Waals surface area contributed by atoms with Gasteiger partial charge in [-0.2, -0.15) is 31.4 Å². The average molecular weight is 546 g/mol. The minimum atomic E-state index is -5.08. The van der Waals surface area contributed by atoms with Crippen LogP contribution in [-0.4, -0.2) is 74.4 Å². The zero-order valence-corrected chi connectivity index (χ0v) is 19.7. The molecule has 3 heterocycles. The molecule has 1 unspecified atom stereocenters. The van der Waals surface area contributed by atoms with Gasteiger partial charge >= 0.3 is 24.3 Å². The molecule has 202 valence electrons. The molecule has 0 spiro atoms. The number of carboxylic acids is 2. The van der Waals surface area contributed by atoms with E-state index >= 15 is 0 Å². The number of methoxy groups -OCH3 is 1. The molecule has 1 aliphatic heterocycles. The lowest BCUT2D eigenvalue weighted by Gasteiger charge is -2.32. The minimum Gasteiger partial charge on any atom is -0.475 e. The molecular weight excluding hydrogens is 522 g/mol. The molecule has 2 N–H and O–H groups in total. The van der Waals surface area contributed by atoms with Crippen molar-refractivity contribution in [3.05, 3.63) is 34.0 Å². The Balaban J connectivity index is 0.000000271. The molecule has 0 radical (unpaired) electrons. The van der Waals surface area contributed by atoms with Crippen molar-refractivity contribution in [3.63, 3.8) is 0 Å². The van der Waals surface area contributed by atoms with Crippen LogP contribution >= 0.6 is 11.3 Å². The van der Waals surface area contributed by atoms with Gasteiger partial charge < -0.3 is 14.9 Å². The largest absolute Gasteiger partial charge is 0.490 e. The lowest BCUT2D eigenvalue weighted by atomic mass is 9.95. The van der Waals surface area contributed by atoms with Gasteiger partial charge in [-0.1, -0.05) is 0 Å². The second-order valence-electron chi connectivity index (χ2n) is 8.03. The number of alkyl halides is 6. The van der Waals surface area contributed by atoms with Crippen molar-refractivity contribution in [3.8, 4) is 0 Å². The Kier molecular flexibility index (Phi) is 10.2. The van der Waals surface area contributed by atoms with Crippen LogP contribution in [0.3, 0.4) is 0 Å². The molecule has 1 aliphatic carbocycles. The van der Waals surface area contributed by atoms with E-state index in [0.29, 0.717) is 5.92 Å². The first-order valence-electron chi connectivity index (χ1n) is 10.5. The Bertz CT molecular complexity index is 968.